The molecule has 2 heterocycles. The van der Waals surface area contributed by atoms with Gasteiger partial charge in [-0.25, -0.2) is 0 Å². The molecule has 1 unspecified atom stereocenters. The van der Waals surface area contributed by atoms with Crippen molar-refractivity contribution in [1.29, 1.82) is 0 Å². The average Bonchev–Trinajstić information content (AvgIpc) is 3.03. The lowest BCUT2D eigenvalue weighted by Gasteiger charge is -2.16. The van der Waals surface area contributed by atoms with Gasteiger partial charge in [-0.1, -0.05) is 0 Å². The summed E-state index contributed by atoms with van der Waals surface area (Å²) in [6.45, 7) is 6.28. The second kappa shape index (κ2) is 9.92. The first-order valence-electron chi connectivity index (χ1n) is 7.71. The lowest BCUT2D eigenvalue weighted by Crippen LogP contribution is -2.40. The highest BCUT2D eigenvalue weighted by Gasteiger charge is 2.15. The van der Waals surface area contributed by atoms with Crippen LogP contribution in [0.4, 0.5) is 0 Å². The quantitative estimate of drug-likeness (QED) is 0.423. The Kier molecular flexibility index (Phi) is 8.60. The SMILES string of the molecule is CN=C(NCc1ncc(C)c(OC)c1C)NCC1CCCO1.I. The van der Waals surface area contributed by atoms with Crippen LogP contribution in [0.1, 0.15) is 29.7 Å². The Labute approximate surface area is 155 Å². The molecule has 1 aliphatic rings. The summed E-state index contributed by atoms with van der Waals surface area (Å²) in [7, 11) is 3.45. The van der Waals surface area contributed by atoms with Crippen molar-refractivity contribution in [3.63, 3.8) is 0 Å². The topological polar surface area (TPSA) is 67.8 Å². The third-order valence-corrected chi connectivity index (χ3v) is 3.92. The number of aliphatic imine (C=N–C) groups is 1. The Bertz CT molecular complexity index is 531. The summed E-state index contributed by atoms with van der Waals surface area (Å²) in [4.78, 5) is 8.71. The molecule has 1 saturated heterocycles. The molecule has 1 fully saturated rings. The van der Waals surface area contributed by atoms with Crippen LogP contribution in [0.5, 0.6) is 5.75 Å². The Balaban J connectivity index is 0.00000264. The summed E-state index contributed by atoms with van der Waals surface area (Å²) in [5, 5.41) is 6.58. The molecule has 0 bridgehead atoms. The Morgan fingerprint density at radius 1 is 1.43 bits per heavy atom. The predicted molar refractivity (Wildman–Crippen MR) is 103 cm³/mol. The van der Waals surface area contributed by atoms with Crippen molar-refractivity contribution < 1.29 is 9.47 Å². The van der Waals surface area contributed by atoms with Crippen LogP contribution in [0.25, 0.3) is 0 Å². The van der Waals surface area contributed by atoms with E-state index in [4.69, 9.17) is 9.47 Å². The van der Waals surface area contributed by atoms with Crippen molar-refractivity contribution in [2.75, 3.05) is 27.3 Å². The first kappa shape index (κ1) is 20.0. The van der Waals surface area contributed by atoms with Crippen LogP contribution in [0, 0.1) is 13.8 Å². The van der Waals surface area contributed by atoms with Crippen LogP contribution in [0.15, 0.2) is 11.2 Å². The van der Waals surface area contributed by atoms with Crippen LogP contribution in [-0.4, -0.2) is 44.4 Å². The number of nitrogens with zero attached hydrogens (tertiary/aromatic N) is 2. The maximum absolute atomic E-state index is 5.60. The van der Waals surface area contributed by atoms with Gasteiger partial charge in [0.15, 0.2) is 5.96 Å². The fourth-order valence-electron chi connectivity index (χ4n) is 2.65. The van der Waals surface area contributed by atoms with E-state index < -0.39 is 0 Å². The summed E-state index contributed by atoms with van der Waals surface area (Å²) < 4.78 is 11.0. The molecule has 2 rings (SSSR count). The van der Waals surface area contributed by atoms with Gasteiger partial charge in [-0.3, -0.25) is 9.98 Å². The van der Waals surface area contributed by atoms with Gasteiger partial charge in [0.05, 0.1) is 25.5 Å². The molecule has 0 radical (unpaired) electrons. The summed E-state index contributed by atoms with van der Waals surface area (Å²) >= 11 is 0. The smallest absolute Gasteiger partial charge is 0.191 e. The molecule has 1 aliphatic heterocycles. The summed E-state index contributed by atoms with van der Waals surface area (Å²) in [5.41, 5.74) is 3.07. The van der Waals surface area contributed by atoms with Crippen molar-refractivity contribution in [3.05, 3.63) is 23.0 Å². The van der Waals surface area contributed by atoms with E-state index in [1.54, 1.807) is 14.2 Å². The zero-order valence-electron chi connectivity index (χ0n) is 14.3. The van der Waals surface area contributed by atoms with E-state index in [9.17, 15) is 0 Å². The highest BCUT2D eigenvalue weighted by Crippen LogP contribution is 2.23. The fraction of sp³-hybridized carbons (Fsp3) is 0.625. The third-order valence-electron chi connectivity index (χ3n) is 3.92. The molecular weight excluding hydrogens is 407 g/mol. The lowest BCUT2D eigenvalue weighted by molar-refractivity contribution is 0.114. The molecule has 23 heavy (non-hydrogen) atoms. The minimum Gasteiger partial charge on any atom is -0.496 e. The van der Waals surface area contributed by atoms with Crippen molar-refractivity contribution >= 4 is 29.9 Å². The average molecular weight is 434 g/mol. The molecule has 2 N–H and O–H groups in total. The largest absolute Gasteiger partial charge is 0.496 e. The molecule has 1 atom stereocenters. The molecule has 7 heteroatoms. The van der Waals surface area contributed by atoms with Gasteiger partial charge in [-0.05, 0) is 26.7 Å². The van der Waals surface area contributed by atoms with E-state index in [-0.39, 0.29) is 30.1 Å². The molecule has 0 aromatic carbocycles. The predicted octanol–water partition coefficient (Wildman–Crippen LogP) is 2.17. The van der Waals surface area contributed by atoms with E-state index in [0.29, 0.717) is 6.54 Å². The molecule has 130 valence electrons. The van der Waals surface area contributed by atoms with Gasteiger partial charge in [-0.2, -0.15) is 0 Å². The van der Waals surface area contributed by atoms with Crippen molar-refractivity contribution in [2.24, 2.45) is 4.99 Å². The van der Waals surface area contributed by atoms with E-state index in [1.807, 2.05) is 20.0 Å². The van der Waals surface area contributed by atoms with Gasteiger partial charge < -0.3 is 20.1 Å². The number of halogens is 1. The number of methoxy groups -OCH3 is 1. The molecule has 0 amide bonds. The summed E-state index contributed by atoms with van der Waals surface area (Å²) in [5.74, 6) is 1.66. The van der Waals surface area contributed by atoms with E-state index in [0.717, 1.165) is 54.5 Å². The van der Waals surface area contributed by atoms with Crippen LogP contribution in [0.3, 0.4) is 0 Å². The molecular formula is C16H27IN4O2. The first-order chi connectivity index (χ1) is 10.7. The zero-order valence-corrected chi connectivity index (χ0v) is 16.6. The standard InChI is InChI=1S/C16H26N4O2.HI/c1-11-8-18-14(12(2)15(11)21-4)10-20-16(17-3)19-9-13-6-5-7-22-13;/h8,13H,5-7,9-10H2,1-4H3,(H2,17,19,20);1H. The Morgan fingerprint density at radius 3 is 2.83 bits per heavy atom. The number of aromatic nitrogens is 1. The molecule has 1 aromatic heterocycles. The van der Waals surface area contributed by atoms with Gasteiger partial charge in [0, 0.05) is 37.5 Å². The van der Waals surface area contributed by atoms with Crippen LogP contribution in [0.2, 0.25) is 0 Å². The number of aryl methyl sites for hydroxylation is 1. The number of hydrogen-bond donors (Lipinski definition) is 2. The number of rotatable bonds is 5. The highest BCUT2D eigenvalue weighted by molar-refractivity contribution is 14.0. The highest BCUT2D eigenvalue weighted by atomic mass is 127. The first-order valence-corrected chi connectivity index (χ1v) is 7.71. The van der Waals surface area contributed by atoms with Crippen LogP contribution >= 0.6 is 24.0 Å². The number of pyridine rings is 1. The Hall–Kier alpha value is -1.09. The number of hydrogen-bond acceptors (Lipinski definition) is 4. The van der Waals surface area contributed by atoms with E-state index in [2.05, 4.69) is 20.6 Å². The normalized spacial score (nSPS) is 17.6. The molecule has 1 aromatic rings. The maximum Gasteiger partial charge on any atom is 0.191 e. The number of nitrogens with one attached hydrogen (secondary N) is 2. The van der Waals surface area contributed by atoms with E-state index >= 15 is 0 Å². The van der Waals surface area contributed by atoms with Crippen molar-refractivity contribution in [3.8, 4) is 5.75 Å². The van der Waals surface area contributed by atoms with Crippen molar-refractivity contribution in [2.45, 2.75) is 39.3 Å². The van der Waals surface area contributed by atoms with Gasteiger partial charge in [0.1, 0.15) is 5.75 Å². The van der Waals surface area contributed by atoms with Gasteiger partial charge in [-0.15, -0.1) is 24.0 Å². The fourth-order valence-corrected chi connectivity index (χ4v) is 2.65. The van der Waals surface area contributed by atoms with Crippen LogP contribution < -0.4 is 15.4 Å². The summed E-state index contributed by atoms with van der Waals surface area (Å²) in [6.07, 6.45) is 4.38. The molecule has 0 saturated carbocycles. The van der Waals surface area contributed by atoms with Crippen LogP contribution in [-0.2, 0) is 11.3 Å². The number of guanidine groups is 1. The second-order valence-corrected chi connectivity index (χ2v) is 5.49. The maximum atomic E-state index is 5.60. The van der Waals surface area contributed by atoms with Gasteiger partial charge in [0.2, 0.25) is 0 Å². The Morgan fingerprint density at radius 2 is 2.22 bits per heavy atom. The second-order valence-electron chi connectivity index (χ2n) is 5.49. The monoisotopic (exact) mass is 434 g/mol. The summed E-state index contributed by atoms with van der Waals surface area (Å²) in [6, 6.07) is 0. The lowest BCUT2D eigenvalue weighted by atomic mass is 10.1. The molecule has 0 spiro atoms. The minimum atomic E-state index is 0. The molecule has 6 nitrogen and oxygen atoms in total. The van der Waals surface area contributed by atoms with E-state index in [1.165, 1.54) is 0 Å². The third kappa shape index (κ3) is 5.49. The van der Waals surface area contributed by atoms with Gasteiger partial charge >= 0.3 is 0 Å². The minimum absolute atomic E-state index is 0. The van der Waals surface area contributed by atoms with Crippen molar-refractivity contribution in [1.82, 2.24) is 15.6 Å². The molecule has 0 aliphatic carbocycles. The van der Waals surface area contributed by atoms with Gasteiger partial charge in [0.25, 0.3) is 0 Å². The zero-order chi connectivity index (χ0) is 15.9. The number of ether oxygens (including phenoxy) is 2.